The molecule has 0 bridgehead atoms. The van der Waals surface area contributed by atoms with Crippen LogP contribution in [0.3, 0.4) is 0 Å². The van der Waals surface area contributed by atoms with Crippen LogP contribution < -0.4 is 11.2 Å². The van der Waals surface area contributed by atoms with Gasteiger partial charge >= 0.3 is 11.7 Å². The Kier molecular flexibility index (Phi) is 6.26. The van der Waals surface area contributed by atoms with Crippen molar-refractivity contribution in [1.29, 1.82) is 0 Å². The zero-order chi connectivity index (χ0) is 17.9. The van der Waals surface area contributed by atoms with E-state index in [9.17, 15) is 14.4 Å². The number of nitrogens with zero attached hydrogens (tertiary/aromatic N) is 1. The highest BCUT2D eigenvalue weighted by Gasteiger charge is 2.34. The lowest BCUT2D eigenvalue weighted by molar-refractivity contribution is -0.154. The van der Waals surface area contributed by atoms with Crippen molar-refractivity contribution in [3.63, 3.8) is 0 Å². The summed E-state index contributed by atoms with van der Waals surface area (Å²) in [6.07, 6.45) is 3.03. The predicted molar refractivity (Wildman–Crippen MR) is 92.0 cm³/mol. The first kappa shape index (κ1) is 18.8. The van der Waals surface area contributed by atoms with Gasteiger partial charge in [-0.2, -0.15) is 5.10 Å². The first-order valence-corrected chi connectivity index (χ1v) is 9.22. The first-order valence-electron chi connectivity index (χ1n) is 8.34. The van der Waals surface area contributed by atoms with Gasteiger partial charge in [0.2, 0.25) is 0 Å². The normalized spacial score (nSPS) is 25.5. The van der Waals surface area contributed by atoms with E-state index in [-0.39, 0.29) is 17.1 Å². The molecule has 1 aliphatic carbocycles. The van der Waals surface area contributed by atoms with Gasteiger partial charge in [0.15, 0.2) is 5.03 Å². The Bertz CT molecular complexity index is 684. The van der Waals surface area contributed by atoms with Crippen LogP contribution in [0.15, 0.2) is 14.6 Å². The molecule has 8 heteroatoms. The van der Waals surface area contributed by atoms with Crippen molar-refractivity contribution in [2.45, 2.75) is 63.3 Å². The number of hydrogen-bond donors (Lipinski definition) is 2. The van der Waals surface area contributed by atoms with Crippen LogP contribution in [0.5, 0.6) is 0 Å². The summed E-state index contributed by atoms with van der Waals surface area (Å²) in [5, 5.41) is 5.31. The van der Waals surface area contributed by atoms with Crippen LogP contribution in [0.4, 0.5) is 0 Å². The van der Waals surface area contributed by atoms with Gasteiger partial charge in [-0.25, -0.2) is 9.89 Å². The number of aromatic amines is 2. The maximum absolute atomic E-state index is 12.4. The summed E-state index contributed by atoms with van der Waals surface area (Å²) in [7, 11) is 0. The third kappa shape index (κ3) is 4.72. The molecule has 1 aliphatic rings. The van der Waals surface area contributed by atoms with E-state index in [0.29, 0.717) is 17.8 Å². The number of thioether (sulfide) groups is 1. The maximum Gasteiger partial charge on any atom is 0.342 e. The Morgan fingerprint density at radius 2 is 2.00 bits per heavy atom. The lowest BCUT2D eigenvalue weighted by Crippen LogP contribution is -2.37. The lowest BCUT2D eigenvalue weighted by Gasteiger charge is -2.37. The summed E-state index contributed by atoms with van der Waals surface area (Å²) < 4.78 is 5.76. The summed E-state index contributed by atoms with van der Waals surface area (Å²) >= 11 is 0.986. The molecule has 0 unspecified atom stereocenters. The van der Waals surface area contributed by atoms with E-state index in [0.717, 1.165) is 31.0 Å². The van der Waals surface area contributed by atoms with Crippen LogP contribution in [0.1, 0.15) is 47.0 Å². The summed E-state index contributed by atoms with van der Waals surface area (Å²) in [5.74, 6) is 1.03. The molecule has 1 aromatic rings. The standard InChI is InChI=1S/C16H25N3O4S/c1-8(2)11-6-5-9(3)7-12(11)23-15(21)10(4)24-14-13(20)17-16(22)19-18-14/h8-12H,5-7H2,1-4H3,(H2,17,19,20,22)/t9-,10+,11-,12+/m0/s1. The van der Waals surface area contributed by atoms with Gasteiger partial charge in [-0.3, -0.25) is 14.6 Å². The van der Waals surface area contributed by atoms with Gasteiger partial charge in [0.1, 0.15) is 11.4 Å². The Labute approximate surface area is 145 Å². The zero-order valence-electron chi connectivity index (χ0n) is 14.5. The van der Waals surface area contributed by atoms with Crippen molar-refractivity contribution in [2.75, 3.05) is 0 Å². The summed E-state index contributed by atoms with van der Waals surface area (Å²) in [5.41, 5.74) is -1.27. The molecule has 4 atom stereocenters. The molecular weight excluding hydrogens is 330 g/mol. The molecule has 0 aromatic carbocycles. The van der Waals surface area contributed by atoms with E-state index in [4.69, 9.17) is 4.74 Å². The smallest absolute Gasteiger partial charge is 0.342 e. The number of esters is 1. The Morgan fingerprint density at radius 1 is 1.29 bits per heavy atom. The van der Waals surface area contributed by atoms with E-state index in [1.54, 1.807) is 6.92 Å². The molecule has 7 nitrogen and oxygen atoms in total. The molecule has 2 rings (SSSR count). The fourth-order valence-corrected chi connectivity index (χ4v) is 3.87. The number of carbonyl (C=O) groups is 1. The third-order valence-corrected chi connectivity index (χ3v) is 5.58. The van der Waals surface area contributed by atoms with Crippen LogP contribution in [0.25, 0.3) is 0 Å². The van der Waals surface area contributed by atoms with Crippen LogP contribution >= 0.6 is 11.8 Å². The number of rotatable bonds is 5. The van der Waals surface area contributed by atoms with E-state index >= 15 is 0 Å². The van der Waals surface area contributed by atoms with E-state index < -0.39 is 16.5 Å². The predicted octanol–water partition coefficient (Wildman–Crippen LogP) is 1.94. The van der Waals surface area contributed by atoms with Gasteiger partial charge in [0.05, 0.1) is 0 Å². The maximum atomic E-state index is 12.4. The van der Waals surface area contributed by atoms with Crippen molar-refractivity contribution < 1.29 is 9.53 Å². The molecule has 134 valence electrons. The van der Waals surface area contributed by atoms with E-state index in [1.807, 2.05) is 0 Å². The fraction of sp³-hybridized carbons (Fsp3) is 0.750. The van der Waals surface area contributed by atoms with Gasteiger partial charge in [0, 0.05) is 0 Å². The molecule has 0 saturated heterocycles. The molecule has 0 radical (unpaired) electrons. The van der Waals surface area contributed by atoms with Gasteiger partial charge in [-0.05, 0) is 37.5 Å². The number of ether oxygens (including phenoxy) is 1. The second-order valence-electron chi connectivity index (χ2n) is 6.87. The van der Waals surface area contributed by atoms with Crippen molar-refractivity contribution in [2.24, 2.45) is 17.8 Å². The molecule has 2 N–H and O–H groups in total. The van der Waals surface area contributed by atoms with Crippen LogP contribution in [-0.4, -0.2) is 32.5 Å². The number of nitrogens with one attached hydrogen (secondary N) is 2. The van der Waals surface area contributed by atoms with Crippen molar-refractivity contribution in [1.82, 2.24) is 15.2 Å². The number of H-pyrrole nitrogens is 2. The van der Waals surface area contributed by atoms with Gasteiger partial charge in [-0.15, -0.1) is 0 Å². The highest BCUT2D eigenvalue weighted by atomic mass is 32.2. The molecule has 1 saturated carbocycles. The quantitative estimate of drug-likeness (QED) is 0.618. The van der Waals surface area contributed by atoms with E-state index in [1.165, 1.54) is 0 Å². The molecule has 0 spiro atoms. The minimum atomic E-state index is -0.671. The van der Waals surface area contributed by atoms with Crippen molar-refractivity contribution in [3.05, 3.63) is 20.8 Å². The van der Waals surface area contributed by atoms with Crippen LogP contribution in [0.2, 0.25) is 0 Å². The molecular formula is C16H25N3O4S. The number of aromatic nitrogens is 3. The Morgan fingerprint density at radius 3 is 2.62 bits per heavy atom. The van der Waals surface area contributed by atoms with Crippen molar-refractivity contribution in [3.8, 4) is 0 Å². The zero-order valence-corrected chi connectivity index (χ0v) is 15.3. The monoisotopic (exact) mass is 355 g/mol. The van der Waals surface area contributed by atoms with Gasteiger partial charge in [-0.1, -0.05) is 39.0 Å². The number of hydrogen-bond acceptors (Lipinski definition) is 6. The molecule has 24 heavy (non-hydrogen) atoms. The third-order valence-electron chi connectivity index (χ3n) is 4.53. The largest absolute Gasteiger partial charge is 0.461 e. The molecule has 0 amide bonds. The fourth-order valence-electron chi connectivity index (χ4n) is 3.13. The summed E-state index contributed by atoms with van der Waals surface area (Å²) in [4.78, 5) is 37.1. The SMILES string of the molecule is CC(C)[C@@H]1CC[C@H](C)C[C@H]1OC(=O)[C@@H](C)Sc1n[nH]c(=O)[nH]c1=O. The average molecular weight is 355 g/mol. The summed E-state index contributed by atoms with van der Waals surface area (Å²) in [6, 6.07) is 0. The highest BCUT2D eigenvalue weighted by molar-refractivity contribution is 8.00. The average Bonchev–Trinajstić information content (AvgIpc) is 2.49. The first-order chi connectivity index (χ1) is 11.3. The minimum absolute atomic E-state index is 0.0523. The lowest BCUT2D eigenvalue weighted by atomic mass is 9.75. The minimum Gasteiger partial charge on any atom is -0.461 e. The molecule has 1 fully saturated rings. The van der Waals surface area contributed by atoms with Crippen LogP contribution in [-0.2, 0) is 9.53 Å². The number of carbonyl (C=O) groups excluding carboxylic acids is 1. The second kappa shape index (κ2) is 8.00. The molecule has 1 heterocycles. The second-order valence-corrected chi connectivity index (χ2v) is 8.20. The van der Waals surface area contributed by atoms with Crippen molar-refractivity contribution >= 4 is 17.7 Å². The molecule has 0 aliphatic heterocycles. The summed E-state index contributed by atoms with van der Waals surface area (Å²) in [6.45, 7) is 8.17. The Hall–Kier alpha value is -1.57. The van der Waals surface area contributed by atoms with E-state index in [2.05, 4.69) is 36.0 Å². The van der Waals surface area contributed by atoms with Gasteiger partial charge in [0.25, 0.3) is 5.56 Å². The highest BCUT2D eigenvalue weighted by Crippen LogP contribution is 2.36. The van der Waals surface area contributed by atoms with Crippen LogP contribution in [0, 0.1) is 17.8 Å². The Balaban J connectivity index is 2.01. The molecule has 1 aromatic heterocycles. The topological polar surface area (TPSA) is 105 Å². The van der Waals surface area contributed by atoms with Gasteiger partial charge < -0.3 is 4.74 Å².